The van der Waals surface area contributed by atoms with Gasteiger partial charge >= 0.3 is 11.6 Å². The lowest BCUT2D eigenvalue weighted by molar-refractivity contribution is -0.137. The zero-order chi connectivity index (χ0) is 21.5. The molecule has 30 heavy (non-hydrogen) atoms. The molecule has 0 aliphatic heterocycles. The van der Waals surface area contributed by atoms with Crippen molar-refractivity contribution >= 4 is 22.8 Å². The lowest BCUT2D eigenvalue weighted by Crippen LogP contribution is -2.29. The van der Waals surface area contributed by atoms with Crippen molar-refractivity contribution in [2.24, 2.45) is 0 Å². The second-order valence-electron chi connectivity index (χ2n) is 6.95. The van der Waals surface area contributed by atoms with Crippen molar-refractivity contribution in [2.45, 2.75) is 26.2 Å². The maximum atomic E-state index is 12.5. The summed E-state index contributed by atoms with van der Waals surface area (Å²) in [5.74, 6) is -0.849. The number of carboxylic acid groups (broad SMARTS) is 1. The van der Waals surface area contributed by atoms with Gasteiger partial charge in [-0.25, -0.2) is 4.79 Å². The molecule has 156 valence electrons. The SMILES string of the molecule is Cc1c(Cc2ccccc2)c(=O)oc2cc(OCC(=O)NCCCC(=O)O)ccc12. The van der Waals surface area contributed by atoms with Gasteiger partial charge in [0.15, 0.2) is 6.61 Å². The molecule has 3 aromatic rings. The van der Waals surface area contributed by atoms with Gasteiger partial charge in [-0.1, -0.05) is 30.3 Å². The fourth-order valence-electron chi connectivity index (χ4n) is 3.14. The van der Waals surface area contributed by atoms with Crippen molar-refractivity contribution in [1.82, 2.24) is 5.32 Å². The third-order valence-corrected chi connectivity index (χ3v) is 4.74. The number of carbonyl (C=O) groups is 2. The van der Waals surface area contributed by atoms with E-state index in [-0.39, 0.29) is 25.5 Å². The molecule has 0 saturated carbocycles. The van der Waals surface area contributed by atoms with Gasteiger partial charge in [-0.05, 0) is 36.6 Å². The molecule has 0 unspecified atom stereocenters. The van der Waals surface area contributed by atoms with Crippen molar-refractivity contribution in [2.75, 3.05) is 13.2 Å². The standard InChI is InChI=1S/C23H23NO6/c1-15-18-10-9-17(29-14-21(25)24-11-5-8-22(26)27)13-20(18)30-23(28)19(15)12-16-6-3-2-4-7-16/h2-4,6-7,9-10,13H,5,8,11-12,14H2,1H3,(H,24,25)(H,26,27). The van der Waals surface area contributed by atoms with Crippen molar-refractivity contribution in [3.8, 4) is 5.75 Å². The molecule has 3 rings (SSSR count). The number of benzene rings is 2. The lowest BCUT2D eigenvalue weighted by atomic mass is 10.00. The van der Waals surface area contributed by atoms with E-state index in [4.69, 9.17) is 14.3 Å². The summed E-state index contributed by atoms with van der Waals surface area (Å²) in [7, 11) is 0. The van der Waals surface area contributed by atoms with E-state index in [2.05, 4.69) is 5.32 Å². The maximum absolute atomic E-state index is 12.5. The van der Waals surface area contributed by atoms with Crippen molar-refractivity contribution < 1.29 is 23.8 Å². The minimum atomic E-state index is -0.902. The van der Waals surface area contributed by atoms with E-state index >= 15 is 0 Å². The highest BCUT2D eigenvalue weighted by molar-refractivity contribution is 5.83. The number of rotatable bonds is 9. The summed E-state index contributed by atoms with van der Waals surface area (Å²) in [5.41, 5.74) is 2.50. The molecule has 0 atom stereocenters. The van der Waals surface area contributed by atoms with Crippen LogP contribution in [-0.4, -0.2) is 30.1 Å². The second kappa shape index (κ2) is 9.73. The Morgan fingerprint density at radius 3 is 2.63 bits per heavy atom. The van der Waals surface area contributed by atoms with E-state index < -0.39 is 11.6 Å². The van der Waals surface area contributed by atoms with Gasteiger partial charge < -0.3 is 19.6 Å². The zero-order valence-electron chi connectivity index (χ0n) is 16.6. The molecule has 0 fully saturated rings. The van der Waals surface area contributed by atoms with Crippen molar-refractivity contribution in [3.63, 3.8) is 0 Å². The Kier molecular flexibility index (Phi) is 6.85. The van der Waals surface area contributed by atoms with E-state index in [9.17, 15) is 14.4 Å². The Bertz CT molecular complexity index is 1100. The van der Waals surface area contributed by atoms with Gasteiger partial charge in [0.25, 0.3) is 5.91 Å². The summed E-state index contributed by atoms with van der Waals surface area (Å²) in [6.07, 6.45) is 0.842. The summed E-state index contributed by atoms with van der Waals surface area (Å²) in [5, 5.41) is 12.0. The van der Waals surface area contributed by atoms with E-state index in [0.29, 0.717) is 29.7 Å². The number of aryl methyl sites for hydroxylation is 1. The van der Waals surface area contributed by atoms with Crippen LogP contribution >= 0.6 is 0 Å². The molecule has 7 nitrogen and oxygen atoms in total. The van der Waals surface area contributed by atoms with Crippen LogP contribution in [0.15, 0.2) is 57.7 Å². The van der Waals surface area contributed by atoms with E-state index in [0.717, 1.165) is 16.5 Å². The summed E-state index contributed by atoms with van der Waals surface area (Å²) in [6.45, 7) is 1.95. The zero-order valence-corrected chi connectivity index (χ0v) is 16.6. The first kappa shape index (κ1) is 21.1. The molecule has 2 N–H and O–H groups in total. The van der Waals surface area contributed by atoms with Crippen LogP contribution in [0.3, 0.4) is 0 Å². The summed E-state index contributed by atoms with van der Waals surface area (Å²) in [6, 6.07) is 14.8. The van der Waals surface area contributed by atoms with E-state index in [1.54, 1.807) is 12.1 Å². The molecule has 0 aliphatic rings. The minimum absolute atomic E-state index is 0.00352. The predicted molar refractivity (Wildman–Crippen MR) is 112 cm³/mol. The van der Waals surface area contributed by atoms with Crippen molar-refractivity contribution in [1.29, 1.82) is 0 Å². The van der Waals surface area contributed by atoms with Crippen LogP contribution in [0.2, 0.25) is 0 Å². The predicted octanol–water partition coefficient (Wildman–Crippen LogP) is 3.05. The van der Waals surface area contributed by atoms with E-state index in [1.165, 1.54) is 0 Å². The molecule has 0 spiro atoms. The molecule has 2 aromatic carbocycles. The third-order valence-electron chi connectivity index (χ3n) is 4.74. The first-order valence-electron chi connectivity index (χ1n) is 9.65. The highest BCUT2D eigenvalue weighted by Crippen LogP contribution is 2.25. The normalized spacial score (nSPS) is 10.7. The monoisotopic (exact) mass is 409 g/mol. The number of aliphatic carboxylic acids is 1. The van der Waals surface area contributed by atoms with Gasteiger partial charge in [-0.3, -0.25) is 9.59 Å². The molecule has 0 radical (unpaired) electrons. The number of amides is 1. The Balaban J connectivity index is 1.68. The third kappa shape index (κ3) is 5.47. The molecular weight excluding hydrogens is 386 g/mol. The minimum Gasteiger partial charge on any atom is -0.484 e. The number of carboxylic acids is 1. The van der Waals surface area contributed by atoms with Gasteiger partial charge in [0, 0.05) is 36.4 Å². The average molecular weight is 409 g/mol. The van der Waals surface area contributed by atoms with Gasteiger partial charge in [0.1, 0.15) is 11.3 Å². The van der Waals surface area contributed by atoms with Crippen LogP contribution in [-0.2, 0) is 16.0 Å². The van der Waals surface area contributed by atoms with Crippen molar-refractivity contribution in [3.05, 3.63) is 75.6 Å². The Morgan fingerprint density at radius 2 is 1.90 bits per heavy atom. The molecule has 1 aromatic heterocycles. The quantitative estimate of drug-likeness (QED) is 0.416. The number of fused-ring (bicyclic) bond motifs is 1. The number of carbonyl (C=O) groups excluding carboxylic acids is 1. The van der Waals surface area contributed by atoms with Crippen LogP contribution in [0.1, 0.15) is 29.5 Å². The molecule has 1 heterocycles. The highest BCUT2D eigenvalue weighted by Gasteiger charge is 2.13. The smallest absolute Gasteiger partial charge is 0.340 e. The first-order chi connectivity index (χ1) is 14.4. The molecular formula is C23H23NO6. The Hall–Kier alpha value is -3.61. The first-order valence-corrected chi connectivity index (χ1v) is 9.65. The van der Waals surface area contributed by atoms with Crippen LogP contribution in [0, 0.1) is 6.92 Å². The molecule has 0 bridgehead atoms. The maximum Gasteiger partial charge on any atom is 0.340 e. The van der Waals surface area contributed by atoms with Gasteiger partial charge in [0.2, 0.25) is 0 Å². The van der Waals surface area contributed by atoms with Crippen LogP contribution in [0.5, 0.6) is 5.75 Å². The van der Waals surface area contributed by atoms with Gasteiger partial charge in [-0.2, -0.15) is 0 Å². The average Bonchev–Trinajstić information content (AvgIpc) is 2.73. The molecule has 1 amide bonds. The number of nitrogens with one attached hydrogen (secondary N) is 1. The van der Waals surface area contributed by atoms with Crippen LogP contribution in [0.25, 0.3) is 11.0 Å². The summed E-state index contributed by atoms with van der Waals surface area (Å²) in [4.78, 5) is 34.8. The molecule has 0 aliphatic carbocycles. The van der Waals surface area contributed by atoms with Gasteiger partial charge in [0.05, 0.1) is 0 Å². The number of hydrogen-bond donors (Lipinski definition) is 2. The van der Waals surface area contributed by atoms with Crippen LogP contribution < -0.4 is 15.7 Å². The molecule has 0 saturated heterocycles. The lowest BCUT2D eigenvalue weighted by Gasteiger charge is -2.10. The Morgan fingerprint density at radius 1 is 1.13 bits per heavy atom. The second-order valence-corrected chi connectivity index (χ2v) is 6.95. The summed E-state index contributed by atoms with van der Waals surface area (Å²) >= 11 is 0. The topological polar surface area (TPSA) is 106 Å². The van der Waals surface area contributed by atoms with Gasteiger partial charge in [-0.15, -0.1) is 0 Å². The fourth-order valence-corrected chi connectivity index (χ4v) is 3.14. The fraction of sp³-hybridized carbons (Fsp3) is 0.261. The van der Waals surface area contributed by atoms with Crippen LogP contribution in [0.4, 0.5) is 0 Å². The molecule has 7 heteroatoms. The largest absolute Gasteiger partial charge is 0.484 e. The highest BCUT2D eigenvalue weighted by atomic mass is 16.5. The van der Waals surface area contributed by atoms with E-state index in [1.807, 2.05) is 43.3 Å². The number of ether oxygens (including phenoxy) is 1. The number of hydrogen-bond acceptors (Lipinski definition) is 5. The Labute approximate surface area is 173 Å². The summed E-state index contributed by atoms with van der Waals surface area (Å²) < 4.78 is 11.0.